The second kappa shape index (κ2) is 9.34. The van der Waals surface area contributed by atoms with Gasteiger partial charge in [-0.15, -0.1) is 0 Å². The van der Waals surface area contributed by atoms with Crippen molar-refractivity contribution < 1.29 is 9.53 Å². The molecule has 2 aromatic rings. The van der Waals surface area contributed by atoms with Crippen LogP contribution in [0.5, 0.6) is 5.75 Å². The number of nitrogens with one attached hydrogen (secondary N) is 2. The van der Waals surface area contributed by atoms with E-state index in [4.69, 9.17) is 17.0 Å². The van der Waals surface area contributed by atoms with E-state index in [0.717, 1.165) is 23.2 Å². The summed E-state index contributed by atoms with van der Waals surface area (Å²) in [6.07, 6.45) is 0.881. The molecule has 2 N–H and O–H groups in total. The summed E-state index contributed by atoms with van der Waals surface area (Å²) in [4.78, 5) is 12.6. The lowest BCUT2D eigenvalue weighted by Crippen LogP contribution is -2.34. The fourth-order valence-corrected chi connectivity index (χ4v) is 2.75. The van der Waals surface area contributed by atoms with Gasteiger partial charge in [-0.3, -0.25) is 10.1 Å². The highest BCUT2D eigenvalue weighted by atomic mass is 32.1. The molecular weight excluding hydrogens is 344 g/mol. The summed E-state index contributed by atoms with van der Waals surface area (Å²) in [5.41, 5.74) is 3.66. The van der Waals surface area contributed by atoms with Gasteiger partial charge in [-0.05, 0) is 54.7 Å². The van der Waals surface area contributed by atoms with E-state index in [1.807, 2.05) is 31.2 Å². The van der Waals surface area contributed by atoms with Crippen molar-refractivity contribution in [3.63, 3.8) is 0 Å². The molecule has 0 fully saturated rings. The van der Waals surface area contributed by atoms with E-state index in [-0.39, 0.29) is 11.0 Å². The Balaban J connectivity index is 2.10. The first-order valence-corrected chi connectivity index (χ1v) is 9.25. The van der Waals surface area contributed by atoms with Crippen molar-refractivity contribution in [1.82, 2.24) is 5.32 Å². The summed E-state index contributed by atoms with van der Waals surface area (Å²) in [6.45, 7) is 8.78. The standard InChI is InChI=1S/C21H26N2O2S/c1-5-16-10-8-9-15(4)19(16)22-21(26)23-20(24)17-11-6-7-12-18(17)25-13-14(2)3/h6-12,14H,5,13H2,1-4H3,(H2,22,23,24,26). The van der Waals surface area contributed by atoms with E-state index in [1.165, 1.54) is 0 Å². The predicted molar refractivity (Wildman–Crippen MR) is 111 cm³/mol. The molecule has 5 heteroatoms. The van der Waals surface area contributed by atoms with Gasteiger partial charge in [-0.1, -0.05) is 51.1 Å². The quantitative estimate of drug-likeness (QED) is 0.723. The lowest BCUT2D eigenvalue weighted by atomic mass is 10.1. The Morgan fingerprint density at radius 3 is 2.58 bits per heavy atom. The van der Waals surface area contributed by atoms with Crippen LogP contribution in [0.15, 0.2) is 42.5 Å². The van der Waals surface area contributed by atoms with E-state index in [9.17, 15) is 4.79 Å². The molecular formula is C21H26N2O2S. The topological polar surface area (TPSA) is 50.4 Å². The zero-order valence-electron chi connectivity index (χ0n) is 15.8. The number of aryl methyl sites for hydroxylation is 2. The summed E-state index contributed by atoms with van der Waals surface area (Å²) in [7, 11) is 0. The molecule has 26 heavy (non-hydrogen) atoms. The Morgan fingerprint density at radius 2 is 1.88 bits per heavy atom. The lowest BCUT2D eigenvalue weighted by Gasteiger charge is -2.16. The number of anilines is 1. The van der Waals surface area contributed by atoms with Gasteiger partial charge in [0, 0.05) is 5.69 Å². The molecule has 0 aromatic heterocycles. The van der Waals surface area contributed by atoms with Gasteiger partial charge in [0.2, 0.25) is 0 Å². The average molecular weight is 371 g/mol. The molecule has 138 valence electrons. The molecule has 0 atom stereocenters. The summed E-state index contributed by atoms with van der Waals surface area (Å²) < 4.78 is 5.75. The highest BCUT2D eigenvalue weighted by molar-refractivity contribution is 7.80. The van der Waals surface area contributed by atoms with Crippen molar-refractivity contribution >= 4 is 28.9 Å². The zero-order chi connectivity index (χ0) is 19.1. The molecule has 0 aliphatic rings. The summed E-state index contributed by atoms with van der Waals surface area (Å²) >= 11 is 5.35. The second-order valence-corrected chi connectivity index (χ2v) is 6.98. The van der Waals surface area contributed by atoms with Crippen LogP contribution in [0, 0.1) is 12.8 Å². The minimum absolute atomic E-state index is 0.276. The van der Waals surface area contributed by atoms with E-state index in [1.54, 1.807) is 12.1 Å². The molecule has 0 unspecified atom stereocenters. The first-order chi connectivity index (χ1) is 12.4. The normalized spacial score (nSPS) is 10.5. The van der Waals surface area contributed by atoms with Crippen LogP contribution in [0.3, 0.4) is 0 Å². The van der Waals surface area contributed by atoms with Crippen LogP contribution in [0.2, 0.25) is 0 Å². The Labute approximate surface area is 161 Å². The van der Waals surface area contributed by atoms with Crippen LogP contribution in [0.25, 0.3) is 0 Å². The van der Waals surface area contributed by atoms with E-state index < -0.39 is 0 Å². The van der Waals surface area contributed by atoms with Crippen LogP contribution >= 0.6 is 12.2 Å². The monoisotopic (exact) mass is 370 g/mol. The number of para-hydroxylation sites is 2. The Kier molecular flexibility index (Phi) is 7.16. The zero-order valence-corrected chi connectivity index (χ0v) is 16.6. The molecule has 0 aliphatic heterocycles. The third-order valence-corrected chi connectivity index (χ3v) is 4.11. The number of hydrogen-bond acceptors (Lipinski definition) is 3. The number of amides is 1. The van der Waals surface area contributed by atoms with Crippen LogP contribution in [-0.4, -0.2) is 17.6 Å². The Morgan fingerprint density at radius 1 is 1.15 bits per heavy atom. The number of hydrogen-bond donors (Lipinski definition) is 2. The minimum atomic E-state index is -0.284. The molecule has 1 amide bonds. The van der Waals surface area contributed by atoms with Gasteiger partial charge in [0.1, 0.15) is 5.75 Å². The van der Waals surface area contributed by atoms with Gasteiger partial charge in [0.15, 0.2) is 5.11 Å². The molecule has 0 aliphatic carbocycles. The summed E-state index contributed by atoms with van der Waals surface area (Å²) in [5, 5.41) is 6.19. The van der Waals surface area contributed by atoms with Gasteiger partial charge >= 0.3 is 0 Å². The summed E-state index contributed by atoms with van der Waals surface area (Å²) in [6, 6.07) is 13.3. The maximum absolute atomic E-state index is 12.6. The Hall–Kier alpha value is -2.40. The van der Waals surface area contributed by atoms with Crippen LogP contribution < -0.4 is 15.4 Å². The van der Waals surface area contributed by atoms with Crippen LogP contribution in [0.4, 0.5) is 5.69 Å². The highest BCUT2D eigenvalue weighted by Crippen LogP contribution is 2.22. The maximum atomic E-state index is 12.6. The van der Waals surface area contributed by atoms with Crippen LogP contribution in [-0.2, 0) is 6.42 Å². The molecule has 0 spiro atoms. The van der Waals surface area contributed by atoms with Gasteiger partial charge in [0.25, 0.3) is 5.91 Å². The molecule has 0 saturated carbocycles. The third-order valence-electron chi connectivity index (χ3n) is 3.91. The number of carbonyl (C=O) groups excluding carboxylic acids is 1. The van der Waals surface area contributed by atoms with Crippen molar-refractivity contribution in [1.29, 1.82) is 0 Å². The van der Waals surface area contributed by atoms with Gasteiger partial charge in [-0.2, -0.15) is 0 Å². The molecule has 2 rings (SSSR count). The van der Waals surface area contributed by atoms with Crippen LogP contribution in [0.1, 0.15) is 42.3 Å². The molecule has 0 heterocycles. The molecule has 0 bridgehead atoms. The number of ether oxygens (including phenoxy) is 1. The van der Waals surface area contributed by atoms with Crippen molar-refractivity contribution in [2.24, 2.45) is 5.92 Å². The van der Waals surface area contributed by atoms with E-state index in [2.05, 4.69) is 37.5 Å². The van der Waals surface area contributed by atoms with Gasteiger partial charge in [-0.25, -0.2) is 0 Å². The minimum Gasteiger partial charge on any atom is -0.492 e. The largest absolute Gasteiger partial charge is 0.492 e. The molecule has 2 aromatic carbocycles. The lowest BCUT2D eigenvalue weighted by molar-refractivity contribution is 0.0973. The van der Waals surface area contributed by atoms with Gasteiger partial charge in [0.05, 0.1) is 12.2 Å². The number of benzene rings is 2. The number of thiocarbonyl (C=S) groups is 1. The molecule has 0 radical (unpaired) electrons. The van der Waals surface area contributed by atoms with Crippen molar-refractivity contribution in [2.75, 3.05) is 11.9 Å². The van der Waals surface area contributed by atoms with E-state index in [0.29, 0.717) is 23.8 Å². The Bertz CT molecular complexity index is 787. The third kappa shape index (κ3) is 5.30. The summed E-state index contributed by atoms with van der Waals surface area (Å²) in [5.74, 6) is 0.655. The molecule has 0 saturated heterocycles. The fourth-order valence-electron chi connectivity index (χ4n) is 2.55. The average Bonchev–Trinajstić information content (AvgIpc) is 2.61. The van der Waals surface area contributed by atoms with Gasteiger partial charge < -0.3 is 10.1 Å². The number of carbonyl (C=O) groups is 1. The van der Waals surface area contributed by atoms with E-state index >= 15 is 0 Å². The van der Waals surface area contributed by atoms with Crippen molar-refractivity contribution in [2.45, 2.75) is 34.1 Å². The highest BCUT2D eigenvalue weighted by Gasteiger charge is 2.15. The smallest absolute Gasteiger partial charge is 0.261 e. The predicted octanol–water partition coefficient (Wildman–Crippen LogP) is 4.72. The first-order valence-electron chi connectivity index (χ1n) is 8.85. The second-order valence-electron chi connectivity index (χ2n) is 6.57. The fraction of sp³-hybridized carbons (Fsp3) is 0.333. The van der Waals surface area contributed by atoms with Crippen molar-refractivity contribution in [3.05, 3.63) is 59.2 Å². The number of rotatable bonds is 6. The maximum Gasteiger partial charge on any atom is 0.261 e. The molecule has 4 nitrogen and oxygen atoms in total. The van der Waals surface area contributed by atoms with Crippen molar-refractivity contribution in [3.8, 4) is 5.75 Å². The first kappa shape index (κ1) is 19.9. The SMILES string of the molecule is CCc1cccc(C)c1NC(=S)NC(=O)c1ccccc1OCC(C)C.